The Morgan fingerprint density at radius 2 is 2.19 bits per heavy atom. The van der Waals surface area contributed by atoms with Crippen molar-refractivity contribution in [3.8, 4) is 0 Å². The summed E-state index contributed by atoms with van der Waals surface area (Å²) in [6, 6.07) is 0. The van der Waals surface area contributed by atoms with E-state index < -0.39 is 0 Å². The molecule has 7 heteroatoms. The molecule has 146 valence electrons. The fourth-order valence-corrected chi connectivity index (χ4v) is 3.85. The number of hydrogen-bond acceptors (Lipinski definition) is 4. The Balaban J connectivity index is 1.70. The smallest absolute Gasteiger partial charge is 0.222 e. The van der Waals surface area contributed by atoms with Gasteiger partial charge in [-0.3, -0.25) is 9.79 Å². The quantitative estimate of drug-likeness (QED) is 0.393. The van der Waals surface area contributed by atoms with Crippen molar-refractivity contribution >= 4 is 23.2 Å². The Hall–Kier alpha value is -1.63. The third-order valence-electron chi connectivity index (χ3n) is 4.45. The molecule has 6 nitrogen and oxygen atoms in total. The summed E-state index contributed by atoms with van der Waals surface area (Å²) in [4.78, 5) is 24.4. The van der Waals surface area contributed by atoms with Crippen LogP contribution in [0.25, 0.3) is 0 Å². The van der Waals surface area contributed by atoms with E-state index in [9.17, 15) is 4.79 Å². The lowest BCUT2D eigenvalue weighted by atomic mass is 10.2. The number of carbonyl (C=O) groups excluding carboxylic acids is 1. The van der Waals surface area contributed by atoms with Crippen LogP contribution in [-0.2, 0) is 17.6 Å². The largest absolute Gasteiger partial charge is 0.357 e. The molecule has 26 heavy (non-hydrogen) atoms. The molecule has 0 radical (unpaired) electrons. The zero-order chi connectivity index (χ0) is 18.6. The SMILES string of the molecule is CCNC(=NCCCN1CCCCCC1=O)NCCc1ncc(CC)s1. The van der Waals surface area contributed by atoms with Crippen LogP contribution in [0.3, 0.4) is 0 Å². The number of thiazole rings is 1. The summed E-state index contributed by atoms with van der Waals surface area (Å²) in [6.45, 7) is 8.36. The first kappa shape index (κ1) is 20.7. The highest BCUT2D eigenvalue weighted by Gasteiger charge is 2.15. The van der Waals surface area contributed by atoms with Gasteiger partial charge in [0.2, 0.25) is 5.91 Å². The lowest BCUT2D eigenvalue weighted by Crippen LogP contribution is -2.38. The molecule has 2 N–H and O–H groups in total. The van der Waals surface area contributed by atoms with Gasteiger partial charge in [0, 0.05) is 56.6 Å². The summed E-state index contributed by atoms with van der Waals surface area (Å²) in [5, 5.41) is 7.83. The van der Waals surface area contributed by atoms with Crippen molar-refractivity contribution < 1.29 is 4.79 Å². The number of amides is 1. The van der Waals surface area contributed by atoms with Gasteiger partial charge in [0.1, 0.15) is 0 Å². The van der Waals surface area contributed by atoms with Crippen LogP contribution in [0.2, 0.25) is 0 Å². The molecule has 0 unspecified atom stereocenters. The van der Waals surface area contributed by atoms with Gasteiger partial charge < -0.3 is 15.5 Å². The molecule has 0 saturated carbocycles. The second-order valence-electron chi connectivity index (χ2n) is 6.56. The van der Waals surface area contributed by atoms with Gasteiger partial charge in [0.15, 0.2) is 5.96 Å². The van der Waals surface area contributed by atoms with Gasteiger partial charge in [-0.2, -0.15) is 0 Å². The molecule has 1 amide bonds. The van der Waals surface area contributed by atoms with Gasteiger partial charge in [0.05, 0.1) is 5.01 Å². The molecule has 2 rings (SSSR count). The van der Waals surface area contributed by atoms with Crippen LogP contribution in [0.4, 0.5) is 0 Å². The number of guanidine groups is 1. The fraction of sp³-hybridized carbons (Fsp3) is 0.737. The van der Waals surface area contributed by atoms with Gasteiger partial charge in [-0.1, -0.05) is 13.3 Å². The third kappa shape index (κ3) is 7.32. The second-order valence-corrected chi connectivity index (χ2v) is 7.76. The Morgan fingerprint density at radius 1 is 1.31 bits per heavy atom. The van der Waals surface area contributed by atoms with E-state index in [1.807, 2.05) is 11.1 Å². The summed E-state index contributed by atoms with van der Waals surface area (Å²) in [5.74, 6) is 1.16. The summed E-state index contributed by atoms with van der Waals surface area (Å²) >= 11 is 1.79. The first-order valence-corrected chi connectivity index (χ1v) is 10.8. The van der Waals surface area contributed by atoms with E-state index >= 15 is 0 Å². The Morgan fingerprint density at radius 3 is 2.96 bits per heavy atom. The van der Waals surface area contributed by atoms with Crippen LogP contribution in [0, 0.1) is 0 Å². The molecular weight excluding hydrogens is 346 g/mol. The van der Waals surface area contributed by atoms with Crippen molar-refractivity contribution in [1.82, 2.24) is 20.5 Å². The van der Waals surface area contributed by atoms with Crippen LogP contribution in [0.5, 0.6) is 0 Å². The number of rotatable bonds is 9. The zero-order valence-electron chi connectivity index (χ0n) is 16.2. The van der Waals surface area contributed by atoms with Gasteiger partial charge in [0.25, 0.3) is 0 Å². The summed E-state index contributed by atoms with van der Waals surface area (Å²) in [6.07, 6.45) is 8.92. The molecule has 1 saturated heterocycles. The maximum atomic E-state index is 12.0. The molecule has 0 bridgehead atoms. The summed E-state index contributed by atoms with van der Waals surface area (Å²) < 4.78 is 0. The maximum Gasteiger partial charge on any atom is 0.222 e. The highest BCUT2D eigenvalue weighted by Crippen LogP contribution is 2.13. The zero-order valence-corrected chi connectivity index (χ0v) is 17.0. The Kier molecular flexibility index (Phi) is 9.45. The highest BCUT2D eigenvalue weighted by molar-refractivity contribution is 7.11. The number of nitrogens with one attached hydrogen (secondary N) is 2. The number of aliphatic imine (C=N–C) groups is 1. The molecule has 0 aromatic carbocycles. The van der Waals surface area contributed by atoms with Gasteiger partial charge >= 0.3 is 0 Å². The predicted molar refractivity (Wildman–Crippen MR) is 109 cm³/mol. The van der Waals surface area contributed by atoms with Crippen LogP contribution in [-0.4, -0.2) is 54.5 Å². The number of likely N-dealkylation sites (tertiary alicyclic amines) is 1. The molecule has 1 aliphatic heterocycles. The predicted octanol–water partition coefficient (Wildman–Crippen LogP) is 2.60. The first-order chi connectivity index (χ1) is 12.7. The van der Waals surface area contributed by atoms with Crippen molar-refractivity contribution in [2.45, 2.75) is 58.8 Å². The minimum absolute atomic E-state index is 0.311. The lowest BCUT2D eigenvalue weighted by Gasteiger charge is -2.20. The van der Waals surface area contributed by atoms with Crippen LogP contribution in [0.1, 0.15) is 55.8 Å². The van der Waals surface area contributed by atoms with Gasteiger partial charge in [-0.25, -0.2) is 4.98 Å². The Labute approximate surface area is 161 Å². The maximum absolute atomic E-state index is 12.0. The molecule has 0 spiro atoms. The monoisotopic (exact) mass is 379 g/mol. The third-order valence-corrected chi connectivity index (χ3v) is 5.65. The molecule has 1 aromatic rings. The second kappa shape index (κ2) is 11.9. The normalized spacial score (nSPS) is 15.8. The van der Waals surface area contributed by atoms with E-state index in [0.717, 1.165) is 70.8 Å². The minimum Gasteiger partial charge on any atom is -0.357 e. The van der Waals surface area contributed by atoms with E-state index in [1.165, 1.54) is 16.3 Å². The lowest BCUT2D eigenvalue weighted by molar-refractivity contribution is -0.130. The number of hydrogen-bond donors (Lipinski definition) is 2. The first-order valence-electron chi connectivity index (χ1n) is 9.96. The topological polar surface area (TPSA) is 69.6 Å². The number of nitrogens with zero attached hydrogens (tertiary/aromatic N) is 3. The van der Waals surface area contributed by atoms with Crippen LogP contribution in [0.15, 0.2) is 11.2 Å². The van der Waals surface area contributed by atoms with Crippen molar-refractivity contribution in [3.63, 3.8) is 0 Å². The van der Waals surface area contributed by atoms with E-state index in [4.69, 9.17) is 0 Å². The molecular formula is C19H33N5OS. The van der Waals surface area contributed by atoms with Gasteiger partial charge in [-0.15, -0.1) is 11.3 Å². The Bertz CT molecular complexity index is 572. The van der Waals surface area contributed by atoms with Crippen molar-refractivity contribution in [1.29, 1.82) is 0 Å². The van der Waals surface area contributed by atoms with Crippen molar-refractivity contribution in [2.75, 3.05) is 32.7 Å². The van der Waals surface area contributed by atoms with E-state index in [2.05, 4.69) is 34.5 Å². The average Bonchev–Trinajstić information content (AvgIpc) is 3.01. The molecule has 1 fully saturated rings. The number of aryl methyl sites for hydroxylation is 1. The molecule has 1 aromatic heterocycles. The van der Waals surface area contributed by atoms with Crippen molar-refractivity contribution in [2.24, 2.45) is 4.99 Å². The molecule has 0 aliphatic carbocycles. The number of aromatic nitrogens is 1. The van der Waals surface area contributed by atoms with E-state index in [1.54, 1.807) is 11.3 Å². The molecule has 1 aliphatic rings. The standard InChI is InChI=1S/C19H33N5OS/c1-3-16-15-23-17(26-16)10-12-22-19(20-4-2)21-11-8-14-24-13-7-5-6-9-18(24)25/h15H,3-14H2,1-2H3,(H2,20,21,22). The van der Waals surface area contributed by atoms with Gasteiger partial charge in [-0.05, 0) is 32.6 Å². The summed E-state index contributed by atoms with van der Waals surface area (Å²) in [7, 11) is 0. The minimum atomic E-state index is 0.311. The van der Waals surface area contributed by atoms with E-state index in [0.29, 0.717) is 12.3 Å². The molecule has 0 atom stereocenters. The number of carbonyl (C=O) groups is 1. The molecule has 2 heterocycles. The highest BCUT2D eigenvalue weighted by atomic mass is 32.1. The van der Waals surface area contributed by atoms with Crippen LogP contribution >= 0.6 is 11.3 Å². The summed E-state index contributed by atoms with van der Waals surface area (Å²) in [5.41, 5.74) is 0. The van der Waals surface area contributed by atoms with E-state index in [-0.39, 0.29) is 0 Å². The fourth-order valence-electron chi connectivity index (χ4n) is 2.98. The van der Waals surface area contributed by atoms with Crippen LogP contribution < -0.4 is 10.6 Å². The average molecular weight is 380 g/mol. The van der Waals surface area contributed by atoms with Crippen molar-refractivity contribution in [3.05, 3.63) is 16.1 Å².